The molecule has 116 valence electrons. The lowest BCUT2D eigenvalue weighted by Crippen LogP contribution is -2.28. The van der Waals surface area contributed by atoms with Crippen LogP contribution in [0.15, 0.2) is 17.5 Å². The van der Waals surface area contributed by atoms with Crippen LogP contribution in [-0.2, 0) is 16.3 Å². The van der Waals surface area contributed by atoms with Crippen LogP contribution < -0.4 is 4.18 Å². The Bertz CT molecular complexity index is 777. The largest absolute Gasteiger partial charge is 0.534 e. The number of aromatic nitrogens is 1. The van der Waals surface area contributed by atoms with Crippen LogP contribution in [0, 0.1) is 0 Å². The SMILES string of the molecule is O=S(=O)(Oc1cc(C(F)(F)F)c2sccc2n1)C(F)(F)F. The highest BCUT2D eigenvalue weighted by molar-refractivity contribution is 7.87. The third-order valence-corrected chi connectivity index (χ3v) is 4.07. The van der Waals surface area contributed by atoms with Gasteiger partial charge in [0.05, 0.1) is 15.8 Å². The van der Waals surface area contributed by atoms with Gasteiger partial charge in [-0.05, 0) is 11.4 Å². The van der Waals surface area contributed by atoms with Crippen molar-refractivity contribution in [1.82, 2.24) is 4.98 Å². The Hall–Kier alpha value is -1.56. The number of nitrogens with zero attached hydrogens (tertiary/aromatic N) is 1. The summed E-state index contributed by atoms with van der Waals surface area (Å²) in [6, 6.07) is 1.21. The minimum absolute atomic E-state index is 0.113. The van der Waals surface area contributed by atoms with Crippen molar-refractivity contribution in [1.29, 1.82) is 0 Å². The molecule has 21 heavy (non-hydrogen) atoms. The van der Waals surface area contributed by atoms with Crippen LogP contribution in [0.2, 0.25) is 0 Å². The highest BCUT2D eigenvalue weighted by Gasteiger charge is 2.49. The quantitative estimate of drug-likeness (QED) is 0.472. The van der Waals surface area contributed by atoms with Gasteiger partial charge in [0.1, 0.15) is 0 Å². The highest BCUT2D eigenvalue weighted by Crippen LogP contribution is 2.39. The van der Waals surface area contributed by atoms with E-state index in [1.165, 1.54) is 5.38 Å². The summed E-state index contributed by atoms with van der Waals surface area (Å²) in [6.07, 6.45) is -4.90. The topological polar surface area (TPSA) is 56.3 Å². The lowest BCUT2D eigenvalue weighted by atomic mass is 10.2. The summed E-state index contributed by atoms with van der Waals surface area (Å²) in [5.41, 5.74) is -7.41. The molecule has 0 aliphatic rings. The fourth-order valence-electron chi connectivity index (χ4n) is 1.34. The third-order valence-electron chi connectivity index (χ3n) is 2.17. The molecule has 0 unspecified atom stereocenters. The normalized spacial score (nSPS) is 13.6. The van der Waals surface area contributed by atoms with Gasteiger partial charge < -0.3 is 4.18 Å². The molecule has 0 saturated heterocycles. The summed E-state index contributed by atoms with van der Waals surface area (Å²) < 4.78 is 99.7. The Morgan fingerprint density at radius 3 is 2.29 bits per heavy atom. The van der Waals surface area contributed by atoms with Gasteiger partial charge in [-0.15, -0.1) is 11.3 Å². The number of hydrogen-bond acceptors (Lipinski definition) is 5. The summed E-state index contributed by atoms with van der Waals surface area (Å²) in [5, 5.41) is 1.23. The van der Waals surface area contributed by atoms with E-state index in [1.807, 2.05) is 0 Å². The summed E-state index contributed by atoms with van der Waals surface area (Å²) in [4.78, 5) is 3.32. The van der Waals surface area contributed by atoms with Crippen molar-refractivity contribution in [2.75, 3.05) is 0 Å². The fraction of sp³-hybridized carbons (Fsp3) is 0.222. The Morgan fingerprint density at radius 2 is 1.76 bits per heavy atom. The standard InChI is InChI=1S/C9H3F6NO3S2/c10-8(11,12)4-3-6(16-5-1-2-20-7(4)5)19-21(17,18)9(13,14)15/h1-3H. The van der Waals surface area contributed by atoms with Gasteiger partial charge in [0.15, 0.2) is 0 Å². The van der Waals surface area contributed by atoms with E-state index in [0.29, 0.717) is 11.3 Å². The number of pyridine rings is 1. The monoisotopic (exact) mass is 351 g/mol. The predicted molar refractivity (Wildman–Crippen MR) is 60.2 cm³/mol. The molecular weight excluding hydrogens is 348 g/mol. The minimum Gasteiger partial charge on any atom is -0.355 e. The maximum Gasteiger partial charge on any atom is 0.534 e. The van der Waals surface area contributed by atoms with Crippen molar-refractivity contribution in [3.8, 4) is 5.88 Å². The Kier molecular flexibility index (Phi) is 3.56. The van der Waals surface area contributed by atoms with Gasteiger partial charge in [0.2, 0.25) is 5.88 Å². The molecule has 4 nitrogen and oxygen atoms in total. The van der Waals surface area contributed by atoms with Gasteiger partial charge in [0, 0.05) is 6.07 Å². The molecule has 0 radical (unpaired) electrons. The second-order valence-corrected chi connectivity index (χ2v) is 6.08. The first-order valence-corrected chi connectivity index (χ1v) is 7.17. The molecule has 2 aromatic rings. The third kappa shape index (κ3) is 3.05. The first-order valence-electron chi connectivity index (χ1n) is 4.88. The lowest BCUT2D eigenvalue weighted by Gasteiger charge is -2.12. The summed E-state index contributed by atoms with van der Waals surface area (Å²) in [5.74, 6) is -1.30. The van der Waals surface area contributed by atoms with E-state index in [1.54, 1.807) is 0 Å². The van der Waals surface area contributed by atoms with E-state index in [2.05, 4.69) is 9.17 Å². The van der Waals surface area contributed by atoms with Crippen molar-refractivity contribution in [2.24, 2.45) is 0 Å². The van der Waals surface area contributed by atoms with Crippen LogP contribution in [0.4, 0.5) is 26.3 Å². The van der Waals surface area contributed by atoms with E-state index in [9.17, 15) is 34.8 Å². The number of fused-ring (bicyclic) bond motifs is 1. The number of hydrogen-bond donors (Lipinski definition) is 0. The second-order valence-electron chi connectivity index (χ2n) is 3.62. The van der Waals surface area contributed by atoms with Gasteiger partial charge in [-0.1, -0.05) is 0 Å². The molecular formula is C9H3F6NO3S2. The van der Waals surface area contributed by atoms with E-state index in [0.717, 1.165) is 6.07 Å². The summed E-state index contributed by atoms with van der Waals surface area (Å²) >= 11 is 0.663. The fourth-order valence-corrected chi connectivity index (χ4v) is 2.62. The molecule has 0 amide bonds. The molecule has 12 heteroatoms. The van der Waals surface area contributed by atoms with Crippen molar-refractivity contribution in [3.05, 3.63) is 23.1 Å². The molecule has 0 aliphatic carbocycles. The number of halogens is 6. The zero-order chi connectivity index (χ0) is 16.1. The second kappa shape index (κ2) is 4.73. The number of alkyl halides is 6. The molecule has 2 aromatic heterocycles. The maximum absolute atomic E-state index is 12.8. The summed E-state index contributed by atoms with van der Waals surface area (Å²) in [7, 11) is -6.09. The molecule has 0 spiro atoms. The van der Waals surface area contributed by atoms with Gasteiger partial charge >= 0.3 is 21.8 Å². The summed E-state index contributed by atoms with van der Waals surface area (Å²) in [6.45, 7) is 0. The van der Waals surface area contributed by atoms with E-state index in [-0.39, 0.29) is 16.3 Å². The zero-order valence-electron chi connectivity index (χ0n) is 9.49. The maximum atomic E-state index is 12.8. The zero-order valence-corrected chi connectivity index (χ0v) is 11.1. The molecule has 0 bridgehead atoms. The molecule has 0 aliphatic heterocycles. The van der Waals surface area contributed by atoms with E-state index < -0.39 is 33.2 Å². The Balaban J connectivity index is 2.57. The minimum atomic E-state index is -6.09. The lowest BCUT2D eigenvalue weighted by molar-refractivity contribution is -0.136. The van der Waals surface area contributed by atoms with Gasteiger partial charge in [-0.2, -0.15) is 34.8 Å². The Labute approximate surface area is 117 Å². The van der Waals surface area contributed by atoms with Gasteiger partial charge in [-0.25, -0.2) is 4.98 Å². The van der Waals surface area contributed by atoms with Crippen LogP contribution in [0.1, 0.15) is 5.56 Å². The van der Waals surface area contributed by atoms with Crippen molar-refractivity contribution >= 4 is 31.7 Å². The average Bonchev–Trinajstić information content (AvgIpc) is 2.72. The van der Waals surface area contributed by atoms with Gasteiger partial charge in [-0.3, -0.25) is 0 Å². The first kappa shape index (κ1) is 15.8. The molecule has 0 saturated carbocycles. The molecule has 0 fully saturated rings. The first-order chi connectivity index (χ1) is 9.42. The Morgan fingerprint density at radius 1 is 1.14 bits per heavy atom. The van der Waals surface area contributed by atoms with Crippen LogP contribution in [0.3, 0.4) is 0 Å². The predicted octanol–water partition coefficient (Wildman–Crippen LogP) is 3.54. The van der Waals surface area contributed by atoms with Gasteiger partial charge in [0.25, 0.3) is 0 Å². The highest BCUT2D eigenvalue weighted by atomic mass is 32.2. The van der Waals surface area contributed by atoms with Crippen LogP contribution in [-0.4, -0.2) is 18.9 Å². The molecule has 2 rings (SSSR count). The smallest absolute Gasteiger partial charge is 0.355 e. The van der Waals surface area contributed by atoms with Crippen molar-refractivity contribution in [2.45, 2.75) is 11.7 Å². The van der Waals surface area contributed by atoms with Crippen molar-refractivity contribution in [3.63, 3.8) is 0 Å². The van der Waals surface area contributed by atoms with Crippen LogP contribution in [0.5, 0.6) is 5.88 Å². The van der Waals surface area contributed by atoms with E-state index >= 15 is 0 Å². The molecule has 2 heterocycles. The molecule has 0 aromatic carbocycles. The number of thiophene rings is 1. The number of rotatable bonds is 2. The van der Waals surface area contributed by atoms with Crippen LogP contribution >= 0.6 is 11.3 Å². The van der Waals surface area contributed by atoms with E-state index in [4.69, 9.17) is 0 Å². The molecule has 0 atom stereocenters. The van der Waals surface area contributed by atoms with Crippen LogP contribution in [0.25, 0.3) is 10.2 Å². The molecule has 0 N–H and O–H groups in total. The average molecular weight is 351 g/mol. The van der Waals surface area contributed by atoms with Crippen molar-refractivity contribution < 1.29 is 38.9 Å².